The summed E-state index contributed by atoms with van der Waals surface area (Å²) in [5.74, 6) is 0.0172. The Labute approximate surface area is 157 Å². The maximum Gasteiger partial charge on any atom is 0.243 e. The van der Waals surface area contributed by atoms with Gasteiger partial charge >= 0.3 is 0 Å². The van der Waals surface area contributed by atoms with E-state index >= 15 is 0 Å². The molecule has 1 aromatic carbocycles. The summed E-state index contributed by atoms with van der Waals surface area (Å²) in [6, 6.07) is 11.0. The number of rotatable bonds is 6. The molecule has 1 N–H and O–H groups in total. The summed E-state index contributed by atoms with van der Waals surface area (Å²) in [4.78, 5) is 13.4. The van der Waals surface area contributed by atoms with Gasteiger partial charge in [-0.2, -0.15) is 5.10 Å². The minimum absolute atomic E-state index is 0.00859. The molecule has 26 heavy (non-hydrogen) atoms. The number of thiophene rings is 1. The summed E-state index contributed by atoms with van der Waals surface area (Å²) >= 11 is 1.62. The number of hydrogen-bond donors (Lipinski definition) is 1. The Hall–Kier alpha value is -2.19. The summed E-state index contributed by atoms with van der Waals surface area (Å²) < 4.78 is 25.8. The van der Waals surface area contributed by atoms with Gasteiger partial charge in [-0.25, -0.2) is 13.4 Å². The lowest BCUT2D eigenvalue weighted by Crippen LogP contribution is -2.25. The van der Waals surface area contributed by atoms with Crippen LogP contribution in [0.5, 0.6) is 0 Å². The number of benzene rings is 1. The third kappa shape index (κ3) is 3.96. The van der Waals surface area contributed by atoms with Crippen LogP contribution in [0.25, 0.3) is 0 Å². The van der Waals surface area contributed by atoms with E-state index < -0.39 is 10.0 Å². The smallest absolute Gasteiger partial charge is 0.243 e. The first-order valence-corrected chi connectivity index (χ1v) is 11.0. The van der Waals surface area contributed by atoms with E-state index in [1.54, 1.807) is 35.4 Å². The van der Waals surface area contributed by atoms with Gasteiger partial charge in [0.05, 0.1) is 17.5 Å². The van der Waals surface area contributed by atoms with E-state index in [0.29, 0.717) is 18.5 Å². The van der Waals surface area contributed by atoms with Crippen LogP contribution in [0.1, 0.15) is 43.2 Å². The molecular formula is C18H21N3O3S2. The van der Waals surface area contributed by atoms with E-state index in [-0.39, 0.29) is 17.7 Å². The van der Waals surface area contributed by atoms with Gasteiger partial charge in [0, 0.05) is 23.4 Å². The number of nitrogens with zero attached hydrogens (tertiary/aromatic N) is 2. The predicted molar refractivity (Wildman–Crippen MR) is 105 cm³/mol. The van der Waals surface area contributed by atoms with E-state index in [1.165, 1.54) is 0 Å². The molecule has 1 aliphatic rings. The molecule has 0 radical (unpaired) electrons. The van der Waals surface area contributed by atoms with E-state index in [0.717, 1.165) is 16.2 Å². The third-order valence-corrected chi connectivity index (χ3v) is 6.49. The van der Waals surface area contributed by atoms with Crippen LogP contribution >= 0.6 is 11.3 Å². The Morgan fingerprint density at radius 3 is 2.58 bits per heavy atom. The van der Waals surface area contributed by atoms with E-state index in [4.69, 9.17) is 0 Å². The minimum atomic E-state index is -3.30. The molecule has 8 heteroatoms. The molecule has 2 aromatic rings. The lowest BCUT2D eigenvalue weighted by atomic mass is 10.0. The zero-order valence-electron chi connectivity index (χ0n) is 14.7. The molecule has 0 aliphatic carbocycles. The van der Waals surface area contributed by atoms with Crippen molar-refractivity contribution in [2.24, 2.45) is 5.10 Å². The molecule has 0 bridgehead atoms. The summed E-state index contributed by atoms with van der Waals surface area (Å²) in [6.07, 6.45) is 1.04. The second kappa shape index (κ2) is 7.59. The molecule has 1 aliphatic heterocycles. The first-order chi connectivity index (χ1) is 12.4. The third-order valence-electron chi connectivity index (χ3n) is 4.21. The average Bonchev–Trinajstić information content (AvgIpc) is 3.31. The van der Waals surface area contributed by atoms with Gasteiger partial charge in [0.1, 0.15) is 0 Å². The number of amides is 1. The number of nitrogens with one attached hydrogen (secondary N) is 1. The molecule has 1 aromatic heterocycles. The number of carbonyl (C=O) groups is 1. The Kier molecular flexibility index (Phi) is 5.43. The highest BCUT2D eigenvalue weighted by Crippen LogP contribution is 2.35. The molecular weight excluding hydrogens is 370 g/mol. The molecule has 3 rings (SSSR count). The average molecular weight is 392 g/mol. The topological polar surface area (TPSA) is 78.8 Å². The second-order valence-corrected chi connectivity index (χ2v) is 8.95. The van der Waals surface area contributed by atoms with Gasteiger partial charge in [0.2, 0.25) is 15.9 Å². The fraction of sp³-hybridized carbons (Fsp3) is 0.333. The number of hydrazone groups is 1. The first kappa shape index (κ1) is 18.6. The molecule has 6 nitrogen and oxygen atoms in total. The van der Waals surface area contributed by atoms with Crippen LogP contribution in [0, 0.1) is 0 Å². The van der Waals surface area contributed by atoms with Gasteiger partial charge in [-0.15, -0.1) is 11.3 Å². The van der Waals surface area contributed by atoms with Crippen LogP contribution in [0.4, 0.5) is 5.69 Å². The number of anilines is 1. The highest BCUT2D eigenvalue weighted by Gasteiger charge is 2.32. The van der Waals surface area contributed by atoms with Gasteiger partial charge in [-0.05, 0) is 36.1 Å². The zero-order chi connectivity index (χ0) is 18.7. The quantitative estimate of drug-likeness (QED) is 0.817. The molecule has 0 spiro atoms. The van der Waals surface area contributed by atoms with Crippen LogP contribution in [0.2, 0.25) is 0 Å². The SMILES string of the molecule is CCC(=O)N1N=C(c2ccc(NS(=O)(=O)CC)cc2)CC1c1cccs1. The van der Waals surface area contributed by atoms with Gasteiger partial charge in [-0.3, -0.25) is 9.52 Å². The summed E-state index contributed by atoms with van der Waals surface area (Å²) in [5.41, 5.74) is 2.23. The fourth-order valence-electron chi connectivity index (χ4n) is 2.76. The van der Waals surface area contributed by atoms with Crippen molar-refractivity contribution in [2.75, 3.05) is 10.5 Å². The Morgan fingerprint density at radius 2 is 2.00 bits per heavy atom. The van der Waals surface area contributed by atoms with Crippen molar-refractivity contribution in [1.29, 1.82) is 0 Å². The van der Waals surface area contributed by atoms with Crippen molar-refractivity contribution < 1.29 is 13.2 Å². The highest BCUT2D eigenvalue weighted by atomic mass is 32.2. The summed E-state index contributed by atoms with van der Waals surface area (Å²) in [7, 11) is -3.30. The van der Waals surface area contributed by atoms with Crippen molar-refractivity contribution in [2.45, 2.75) is 32.7 Å². The van der Waals surface area contributed by atoms with E-state index in [1.807, 2.05) is 36.6 Å². The zero-order valence-corrected chi connectivity index (χ0v) is 16.3. The molecule has 1 atom stereocenters. The predicted octanol–water partition coefficient (Wildman–Crippen LogP) is 3.60. The largest absolute Gasteiger partial charge is 0.284 e. The monoisotopic (exact) mass is 391 g/mol. The van der Waals surface area contributed by atoms with Gasteiger partial charge in [0.15, 0.2) is 0 Å². The van der Waals surface area contributed by atoms with Crippen molar-refractivity contribution in [1.82, 2.24) is 5.01 Å². The van der Waals surface area contributed by atoms with Crippen LogP contribution < -0.4 is 4.72 Å². The Morgan fingerprint density at radius 1 is 1.27 bits per heavy atom. The van der Waals surface area contributed by atoms with Crippen molar-refractivity contribution in [3.8, 4) is 0 Å². The lowest BCUT2D eigenvalue weighted by Gasteiger charge is -2.19. The number of sulfonamides is 1. The Balaban J connectivity index is 1.83. The van der Waals surface area contributed by atoms with Crippen molar-refractivity contribution in [3.05, 3.63) is 52.2 Å². The Bertz CT molecular complexity index is 904. The first-order valence-electron chi connectivity index (χ1n) is 8.47. The molecule has 0 fully saturated rings. The van der Waals surface area contributed by atoms with E-state index in [9.17, 15) is 13.2 Å². The molecule has 0 saturated carbocycles. The normalized spacial score (nSPS) is 17.2. The lowest BCUT2D eigenvalue weighted by molar-refractivity contribution is -0.132. The minimum Gasteiger partial charge on any atom is -0.284 e. The molecule has 0 saturated heterocycles. The molecule has 1 amide bonds. The highest BCUT2D eigenvalue weighted by molar-refractivity contribution is 7.92. The second-order valence-electron chi connectivity index (χ2n) is 5.96. The van der Waals surface area contributed by atoms with Gasteiger partial charge < -0.3 is 0 Å². The van der Waals surface area contributed by atoms with Crippen LogP contribution in [0.3, 0.4) is 0 Å². The van der Waals surface area contributed by atoms with Crippen molar-refractivity contribution >= 4 is 38.7 Å². The number of carbonyl (C=O) groups excluding carboxylic acids is 1. The standard InChI is InChI=1S/C18H21N3O3S2/c1-3-18(22)21-16(17-6-5-11-25-17)12-15(19-21)13-7-9-14(10-8-13)20-26(23,24)4-2/h5-11,16,20H,3-4,12H2,1-2H3. The van der Waals surface area contributed by atoms with Crippen LogP contribution in [-0.2, 0) is 14.8 Å². The fourth-order valence-corrected chi connectivity index (χ4v) is 4.21. The molecule has 1 unspecified atom stereocenters. The maximum absolute atomic E-state index is 12.3. The molecule has 138 valence electrons. The summed E-state index contributed by atoms with van der Waals surface area (Å²) in [5, 5.41) is 8.13. The maximum atomic E-state index is 12.3. The van der Waals surface area contributed by atoms with Crippen LogP contribution in [-0.4, -0.2) is 30.8 Å². The number of hydrogen-bond acceptors (Lipinski definition) is 5. The van der Waals surface area contributed by atoms with Crippen molar-refractivity contribution in [3.63, 3.8) is 0 Å². The summed E-state index contributed by atoms with van der Waals surface area (Å²) in [6.45, 7) is 3.42. The van der Waals surface area contributed by atoms with E-state index in [2.05, 4.69) is 9.82 Å². The van der Waals surface area contributed by atoms with Gasteiger partial charge in [-0.1, -0.05) is 25.1 Å². The van der Waals surface area contributed by atoms with Crippen LogP contribution in [0.15, 0.2) is 46.9 Å². The van der Waals surface area contributed by atoms with Gasteiger partial charge in [0.25, 0.3) is 0 Å². The molecule has 2 heterocycles.